The van der Waals surface area contributed by atoms with Gasteiger partial charge in [0.25, 0.3) is 0 Å². The zero-order chi connectivity index (χ0) is 10.7. The fraction of sp³-hybridized carbons (Fsp3) is 0.333. The molecule has 86 valence electrons. The van der Waals surface area contributed by atoms with Gasteiger partial charge < -0.3 is 10.8 Å². The Kier molecular flexibility index (Phi) is 6.29. The molecule has 0 aliphatic carbocycles. The van der Waals surface area contributed by atoms with Crippen molar-refractivity contribution in [3.63, 3.8) is 0 Å². The minimum absolute atomic E-state index is 0. The molecule has 2 nitrogen and oxygen atoms in total. The number of phenolic OH excluding ortho intramolecular Hbond substituents is 1. The van der Waals surface area contributed by atoms with E-state index in [9.17, 15) is 9.50 Å². The molecule has 0 spiro atoms. The molecule has 0 heterocycles. The van der Waals surface area contributed by atoms with Crippen molar-refractivity contribution >= 4 is 35.6 Å². The largest absolute Gasteiger partial charge is 0.505 e. The Bertz CT molecular complexity index is 312. The van der Waals surface area contributed by atoms with Crippen LogP contribution in [-0.4, -0.2) is 11.8 Å². The van der Waals surface area contributed by atoms with Crippen LogP contribution in [0.1, 0.15) is 18.0 Å². The van der Waals surface area contributed by atoms with Crippen LogP contribution in [0.25, 0.3) is 0 Å². The molecule has 3 N–H and O–H groups in total. The van der Waals surface area contributed by atoms with Gasteiger partial charge in [-0.25, -0.2) is 0 Å². The molecule has 1 atom stereocenters. The van der Waals surface area contributed by atoms with Crippen LogP contribution in [0, 0.1) is 0 Å². The Morgan fingerprint density at radius 2 is 1.80 bits per heavy atom. The zero-order valence-corrected chi connectivity index (χ0v) is 10.0. The lowest BCUT2D eigenvalue weighted by atomic mass is 10.1. The minimum atomic E-state index is -0.503. The molecule has 0 saturated carbocycles. The normalized spacial score (nSPS) is 12.0. The second kappa shape index (κ2) is 6.38. The molecule has 1 rings (SSSR count). The maximum absolute atomic E-state index is 12.0. The summed E-state index contributed by atoms with van der Waals surface area (Å²) >= 11 is 11.4. The monoisotopic (exact) mass is 273 g/mol. The average Bonchev–Trinajstić information content (AvgIpc) is 2.13. The Hall–Kier alpha value is -0.220. The van der Waals surface area contributed by atoms with E-state index in [2.05, 4.69) is 0 Å². The van der Waals surface area contributed by atoms with E-state index in [4.69, 9.17) is 28.9 Å². The molecule has 1 aromatic carbocycles. The van der Waals surface area contributed by atoms with Crippen molar-refractivity contribution in [2.24, 2.45) is 5.73 Å². The maximum Gasteiger partial charge on any atom is 0.152 e. The topological polar surface area (TPSA) is 46.2 Å². The van der Waals surface area contributed by atoms with Crippen LogP contribution in [0.2, 0.25) is 10.0 Å². The third-order valence-corrected chi connectivity index (χ3v) is 2.46. The van der Waals surface area contributed by atoms with Crippen molar-refractivity contribution in [1.29, 1.82) is 0 Å². The van der Waals surface area contributed by atoms with E-state index in [0.717, 1.165) is 0 Å². The van der Waals surface area contributed by atoms with E-state index in [-0.39, 0.29) is 34.6 Å². The quantitative estimate of drug-likeness (QED) is 0.886. The Morgan fingerprint density at radius 1 is 1.33 bits per heavy atom. The van der Waals surface area contributed by atoms with Crippen molar-refractivity contribution in [1.82, 2.24) is 0 Å². The molecule has 0 radical (unpaired) electrons. The van der Waals surface area contributed by atoms with E-state index in [1.807, 2.05) is 0 Å². The first-order chi connectivity index (χ1) is 6.56. The lowest BCUT2D eigenvalue weighted by molar-refractivity contribution is 0.441. The summed E-state index contributed by atoms with van der Waals surface area (Å²) in [5.41, 5.74) is 6.28. The summed E-state index contributed by atoms with van der Waals surface area (Å²) in [7, 11) is 0. The number of nitrogens with two attached hydrogens (primary N) is 1. The van der Waals surface area contributed by atoms with Crippen molar-refractivity contribution in [3.05, 3.63) is 27.7 Å². The van der Waals surface area contributed by atoms with Gasteiger partial charge in [0, 0.05) is 6.04 Å². The van der Waals surface area contributed by atoms with E-state index in [0.29, 0.717) is 5.56 Å². The molecule has 0 aliphatic heterocycles. The van der Waals surface area contributed by atoms with Gasteiger partial charge in [0.1, 0.15) is 0 Å². The number of benzene rings is 1. The van der Waals surface area contributed by atoms with Crippen LogP contribution in [0.5, 0.6) is 5.75 Å². The van der Waals surface area contributed by atoms with Crippen LogP contribution in [-0.2, 0) is 0 Å². The summed E-state index contributed by atoms with van der Waals surface area (Å²) in [6, 6.07) is 2.53. The first kappa shape index (κ1) is 14.8. The lowest BCUT2D eigenvalue weighted by Gasteiger charge is -2.11. The fourth-order valence-electron chi connectivity index (χ4n) is 1.08. The van der Waals surface area contributed by atoms with Crippen LogP contribution >= 0.6 is 35.6 Å². The molecule has 0 bridgehead atoms. The maximum atomic E-state index is 12.0. The molecule has 1 aromatic rings. The number of hydrogen-bond donors (Lipinski definition) is 2. The summed E-state index contributed by atoms with van der Waals surface area (Å²) in [5.74, 6) is -0.176. The highest BCUT2D eigenvalue weighted by Gasteiger charge is 2.11. The van der Waals surface area contributed by atoms with Gasteiger partial charge in [0.2, 0.25) is 0 Å². The first-order valence-corrected chi connectivity index (χ1v) is 4.81. The second-order valence-electron chi connectivity index (χ2n) is 2.92. The molecular weight excluding hydrogens is 263 g/mol. The smallest absolute Gasteiger partial charge is 0.152 e. The van der Waals surface area contributed by atoms with Crippen molar-refractivity contribution in [3.8, 4) is 5.75 Å². The SMILES string of the molecule is Cl.N[C@@H](CCF)c1cc(Cl)c(O)c(Cl)c1. The van der Waals surface area contributed by atoms with Crippen LogP contribution in [0.4, 0.5) is 4.39 Å². The molecule has 0 unspecified atom stereocenters. The molecule has 0 fully saturated rings. The standard InChI is InChI=1S/C9H10Cl2FNO.ClH/c10-6-3-5(8(13)1-2-12)4-7(11)9(6)14;/h3-4,8,14H,1-2,13H2;1H/t8-;/m0./s1. The van der Waals surface area contributed by atoms with Crippen LogP contribution in [0.15, 0.2) is 12.1 Å². The highest BCUT2D eigenvalue weighted by Crippen LogP contribution is 2.34. The highest BCUT2D eigenvalue weighted by molar-refractivity contribution is 6.37. The molecule has 6 heteroatoms. The van der Waals surface area contributed by atoms with Gasteiger partial charge in [-0.15, -0.1) is 12.4 Å². The van der Waals surface area contributed by atoms with Crippen LogP contribution in [0.3, 0.4) is 0 Å². The second-order valence-corrected chi connectivity index (χ2v) is 3.73. The predicted octanol–water partition coefficient (Wildman–Crippen LogP) is 3.48. The lowest BCUT2D eigenvalue weighted by Crippen LogP contribution is -2.10. The average molecular weight is 275 g/mol. The number of phenols is 1. The Morgan fingerprint density at radius 3 is 2.20 bits per heavy atom. The third-order valence-electron chi connectivity index (χ3n) is 1.89. The van der Waals surface area contributed by atoms with Gasteiger partial charge in [-0.05, 0) is 24.1 Å². The minimum Gasteiger partial charge on any atom is -0.505 e. The zero-order valence-electron chi connectivity index (χ0n) is 7.71. The summed E-state index contributed by atoms with van der Waals surface area (Å²) < 4.78 is 12.0. The van der Waals surface area contributed by atoms with Crippen LogP contribution < -0.4 is 5.73 Å². The van der Waals surface area contributed by atoms with E-state index < -0.39 is 12.7 Å². The number of rotatable bonds is 3. The molecule has 0 aliphatic rings. The van der Waals surface area contributed by atoms with Gasteiger partial charge >= 0.3 is 0 Å². The Labute approximate surface area is 104 Å². The fourth-order valence-corrected chi connectivity index (χ4v) is 1.59. The molecule has 15 heavy (non-hydrogen) atoms. The van der Waals surface area contributed by atoms with Gasteiger partial charge in [-0.3, -0.25) is 4.39 Å². The van der Waals surface area contributed by atoms with Crippen molar-refractivity contribution in [2.45, 2.75) is 12.5 Å². The van der Waals surface area contributed by atoms with Gasteiger partial charge in [0.05, 0.1) is 16.7 Å². The number of halogens is 4. The Balaban J connectivity index is 0.00000196. The van der Waals surface area contributed by atoms with Crippen molar-refractivity contribution in [2.75, 3.05) is 6.67 Å². The summed E-state index contributed by atoms with van der Waals surface area (Å²) in [6.45, 7) is -0.503. The van der Waals surface area contributed by atoms with E-state index >= 15 is 0 Å². The van der Waals surface area contributed by atoms with Gasteiger partial charge in [-0.1, -0.05) is 23.2 Å². The van der Waals surface area contributed by atoms with E-state index in [1.165, 1.54) is 12.1 Å². The van der Waals surface area contributed by atoms with E-state index in [1.54, 1.807) is 0 Å². The molecular formula is C9H11Cl3FNO. The molecule has 0 amide bonds. The van der Waals surface area contributed by atoms with Gasteiger partial charge in [-0.2, -0.15) is 0 Å². The van der Waals surface area contributed by atoms with Gasteiger partial charge in [0.15, 0.2) is 5.75 Å². The molecule has 0 aromatic heterocycles. The highest BCUT2D eigenvalue weighted by atomic mass is 35.5. The first-order valence-electron chi connectivity index (χ1n) is 4.05. The summed E-state index contributed by atoms with van der Waals surface area (Å²) in [4.78, 5) is 0. The van der Waals surface area contributed by atoms with Crippen molar-refractivity contribution < 1.29 is 9.50 Å². The number of alkyl halides is 1. The predicted molar refractivity (Wildman–Crippen MR) is 62.9 cm³/mol. The summed E-state index contributed by atoms with van der Waals surface area (Å²) in [6.07, 6.45) is 0.206. The number of hydrogen-bond acceptors (Lipinski definition) is 2. The third kappa shape index (κ3) is 3.68. The molecule has 0 saturated heterocycles. The summed E-state index contributed by atoms with van der Waals surface area (Å²) in [5, 5.41) is 9.52. The number of aromatic hydroxyl groups is 1.